The summed E-state index contributed by atoms with van der Waals surface area (Å²) in [6.45, 7) is 10.3. The fraction of sp³-hybridized carbons (Fsp3) is 0.280. The van der Waals surface area contributed by atoms with Crippen molar-refractivity contribution in [3.05, 3.63) is 74.9 Å². The van der Waals surface area contributed by atoms with Crippen LogP contribution in [0, 0.1) is 14.9 Å². The van der Waals surface area contributed by atoms with Gasteiger partial charge in [0.2, 0.25) is 0 Å². The summed E-state index contributed by atoms with van der Waals surface area (Å²) >= 11 is 2.27. The number of nitrogens with zero attached hydrogens (tertiary/aromatic N) is 1. The Morgan fingerprint density at radius 3 is 2.55 bits per heavy atom. The van der Waals surface area contributed by atoms with Crippen LogP contribution in [0.15, 0.2) is 54.6 Å². The van der Waals surface area contributed by atoms with Gasteiger partial charge in [-0.2, -0.15) is 5.26 Å². The van der Waals surface area contributed by atoms with Crippen molar-refractivity contribution in [3.63, 3.8) is 0 Å². The van der Waals surface area contributed by atoms with Gasteiger partial charge in [0.25, 0.3) is 5.91 Å². The van der Waals surface area contributed by atoms with E-state index in [0.717, 1.165) is 14.7 Å². The number of halogens is 1. The number of nitrogens with one attached hydrogen (secondary N) is 1. The van der Waals surface area contributed by atoms with Gasteiger partial charge in [0.15, 0.2) is 11.5 Å². The Bertz CT molecular complexity index is 989. The van der Waals surface area contributed by atoms with E-state index < -0.39 is 5.91 Å². The van der Waals surface area contributed by atoms with Crippen LogP contribution in [0.5, 0.6) is 11.5 Å². The molecule has 0 aliphatic rings. The predicted molar refractivity (Wildman–Crippen MR) is 132 cm³/mol. The fourth-order valence-corrected chi connectivity index (χ4v) is 3.25. The molecule has 2 aromatic carbocycles. The van der Waals surface area contributed by atoms with E-state index in [1.54, 1.807) is 18.2 Å². The van der Waals surface area contributed by atoms with Crippen LogP contribution in [0.4, 0.5) is 0 Å². The van der Waals surface area contributed by atoms with Gasteiger partial charge in [-0.05, 0) is 91.3 Å². The lowest BCUT2D eigenvalue weighted by molar-refractivity contribution is -0.117. The topological polar surface area (TPSA) is 71.4 Å². The molecule has 2 rings (SSSR count). The van der Waals surface area contributed by atoms with Crippen molar-refractivity contribution >= 4 is 34.6 Å². The highest BCUT2D eigenvalue weighted by molar-refractivity contribution is 14.1. The van der Waals surface area contributed by atoms with Crippen molar-refractivity contribution in [1.29, 1.82) is 5.26 Å². The first-order valence-corrected chi connectivity index (χ1v) is 11.2. The maximum Gasteiger partial charge on any atom is 0.262 e. The zero-order valence-corrected chi connectivity index (χ0v) is 20.2. The lowest BCUT2D eigenvalue weighted by atomic mass is 10.0. The van der Waals surface area contributed by atoms with Gasteiger partial charge in [-0.15, -0.1) is 6.58 Å². The van der Waals surface area contributed by atoms with Crippen molar-refractivity contribution in [1.82, 2.24) is 5.32 Å². The van der Waals surface area contributed by atoms with Gasteiger partial charge in [0, 0.05) is 15.2 Å². The zero-order chi connectivity index (χ0) is 22.8. The second kappa shape index (κ2) is 12.2. The van der Waals surface area contributed by atoms with Crippen molar-refractivity contribution in [2.24, 2.45) is 0 Å². The van der Waals surface area contributed by atoms with Crippen LogP contribution in [0.1, 0.15) is 37.5 Å². The third-order valence-electron chi connectivity index (χ3n) is 4.21. The molecule has 0 saturated heterocycles. The molecule has 2 aromatic rings. The fourth-order valence-electron chi connectivity index (χ4n) is 2.89. The van der Waals surface area contributed by atoms with Crippen molar-refractivity contribution < 1.29 is 14.3 Å². The standard InChI is InChI=1S/C25H27IN2O3/c1-5-7-20-12-19(13-21(15-27)25(29)28-17(3)4)14-23(30-6-2)24(20)31-16-18-8-10-22(26)11-9-18/h5,8-14,17H,1,6-7,16H2,2-4H3,(H,28,29)/b21-13-. The molecule has 0 aliphatic heterocycles. The molecule has 31 heavy (non-hydrogen) atoms. The Balaban J connectivity index is 2.42. The Kier molecular flexibility index (Phi) is 9.60. The molecule has 5 nitrogen and oxygen atoms in total. The molecule has 0 aromatic heterocycles. The molecule has 0 aliphatic carbocycles. The second-order valence-electron chi connectivity index (χ2n) is 7.15. The Labute approximate surface area is 197 Å². The lowest BCUT2D eigenvalue weighted by Crippen LogP contribution is -2.30. The summed E-state index contributed by atoms with van der Waals surface area (Å²) in [5.74, 6) is 0.808. The van der Waals surface area contributed by atoms with Gasteiger partial charge in [0.05, 0.1) is 6.61 Å². The molecule has 162 valence electrons. The minimum absolute atomic E-state index is 0.0354. The summed E-state index contributed by atoms with van der Waals surface area (Å²) in [5.41, 5.74) is 2.65. The number of hydrogen-bond donors (Lipinski definition) is 1. The lowest BCUT2D eigenvalue weighted by Gasteiger charge is -2.17. The minimum Gasteiger partial charge on any atom is -0.490 e. The number of rotatable bonds is 10. The quantitative estimate of drug-likeness (QED) is 0.193. The highest BCUT2D eigenvalue weighted by Crippen LogP contribution is 2.35. The second-order valence-corrected chi connectivity index (χ2v) is 8.39. The summed E-state index contributed by atoms with van der Waals surface area (Å²) < 4.78 is 13.1. The third kappa shape index (κ3) is 7.44. The average molecular weight is 530 g/mol. The van der Waals surface area contributed by atoms with Crippen molar-refractivity contribution in [3.8, 4) is 17.6 Å². The molecule has 0 unspecified atom stereocenters. The number of benzene rings is 2. The van der Waals surface area contributed by atoms with E-state index in [1.165, 1.54) is 0 Å². The van der Waals surface area contributed by atoms with Crippen molar-refractivity contribution in [2.75, 3.05) is 6.61 Å². The first-order chi connectivity index (χ1) is 14.9. The maximum atomic E-state index is 12.3. The molecular weight excluding hydrogens is 503 g/mol. The molecule has 1 amide bonds. The van der Waals surface area contributed by atoms with Crippen LogP contribution in [0.3, 0.4) is 0 Å². The van der Waals surface area contributed by atoms with E-state index in [2.05, 4.69) is 34.5 Å². The number of hydrogen-bond acceptors (Lipinski definition) is 4. The van der Waals surface area contributed by atoms with Gasteiger partial charge in [-0.1, -0.05) is 18.2 Å². The highest BCUT2D eigenvalue weighted by Gasteiger charge is 2.15. The summed E-state index contributed by atoms with van der Waals surface area (Å²) in [7, 11) is 0. The molecule has 0 atom stereocenters. The van der Waals surface area contributed by atoms with E-state index in [9.17, 15) is 10.1 Å². The molecule has 0 spiro atoms. The normalized spacial score (nSPS) is 11.0. The van der Waals surface area contributed by atoms with E-state index in [0.29, 0.717) is 36.7 Å². The summed E-state index contributed by atoms with van der Waals surface area (Å²) in [6.07, 6.45) is 3.91. The zero-order valence-electron chi connectivity index (χ0n) is 18.1. The molecule has 0 radical (unpaired) electrons. The summed E-state index contributed by atoms with van der Waals surface area (Å²) in [4.78, 5) is 12.3. The third-order valence-corrected chi connectivity index (χ3v) is 4.93. The van der Waals surface area contributed by atoms with Crippen LogP contribution in [-0.2, 0) is 17.8 Å². The molecular formula is C25H27IN2O3. The first-order valence-electron chi connectivity index (χ1n) is 10.1. The molecule has 0 heterocycles. The van der Waals surface area contributed by atoms with E-state index in [4.69, 9.17) is 9.47 Å². The molecule has 0 fully saturated rings. The van der Waals surface area contributed by atoms with Crippen LogP contribution in [-0.4, -0.2) is 18.6 Å². The molecule has 0 bridgehead atoms. The SMILES string of the molecule is C=CCc1cc(/C=C(/C#N)C(=O)NC(C)C)cc(OCC)c1OCc1ccc(I)cc1. The van der Waals surface area contributed by atoms with Gasteiger partial charge < -0.3 is 14.8 Å². The largest absolute Gasteiger partial charge is 0.490 e. The first kappa shape index (κ1) is 24.5. The maximum absolute atomic E-state index is 12.3. The monoisotopic (exact) mass is 530 g/mol. The number of amides is 1. The van der Waals surface area contributed by atoms with Crippen LogP contribution in [0.25, 0.3) is 6.08 Å². The number of carbonyl (C=O) groups excluding carboxylic acids is 1. The minimum atomic E-state index is -0.403. The molecule has 0 saturated carbocycles. The predicted octanol–water partition coefficient (Wildman–Crippen LogP) is 5.43. The van der Waals surface area contributed by atoms with Gasteiger partial charge in [-0.3, -0.25) is 4.79 Å². The number of nitriles is 1. The molecule has 6 heteroatoms. The molecule has 1 N–H and O–H groups in total. The van der Waals surface area contributed by atoms with Gasteiger partial charge in [0.1, 0.15) is 18.2 Å². The van der Waals surface area contributed by atoms with E-state index >= 15 is 0 Å². The van der Waals surface area contributed by atoms with E-state index in [1.807, 2.05) is 57.2 Å². The van der Waals surface area contributed by atoms with Crippen LogP contribution in [0.2, 0.25) is 0 Å². The Morgan fingerprint density at radius 1 is 1.26 bits per heavy atom. The van der Waals surface area contributed by atoms with Crippen LogP contribution < -0.4 is 14.8 Å². The number of allylic oxidation sites excluding steroid dienone is 1. The van der Waals surface area contributed by atoms with E-state index in [-0.39, 0.29) is 11.6 Å². The smallest absolute Gasteiger partial charge is 0.262 e. The average Bonchev–Trinajstić information content (AvgIpc) is 2.72. The number of ether oxygens (including phenoxy) is 2. The van der Waals surface area contributed by atoms with Crippen molar-refractivity contribution in [2.45, 2.75) is 39.8 Å². The van der Waals surface area contributed by atoms with Gasteiger partial charge in [-0.25, -0.2) is 0 Å². The summed E-state index contributed by atoms with van der Waals surface area (Å²) in [5, 5.41) is 12.2. The van der Waals surface area contributed by atoms with Gasteiger partial charge >= 0.3 is 0 Å². The Morgan fingerprint density at radius 2 is 1.97 bits per heavy atom. The summed E-state index contributed by atoms with van der Waals surface area (Å²) in [6, 6.07) is 13.7. The Hall–Kier alpha value is -2.79. The van der Waals surface area contributed by atoms with Crippen LogP contribution >= 0.6 is 22.6 Å². The number of carbonyl (C=O) groups is 1. The highest BCUT2D eigenvalue weighted by atomic mass is 127.